The highest BCUT2D eigenvalue weighted by Gasteiger charge is 2.27. The third kappa shape index (κ3) is 7.05. The van der Waals surface area contributed by atoms with Gasteiger partial charge in [0.15, 0.2) is 0 Å². The number of carbonyl (C=O) groups excluding carboxylic acids is 2. The first kappa shape index (κ1) is 33.7. The number of nitrogens with one attached hydrogen (secondary N) is 2. The van der Waals surface area contributed by atoms with Crippen LogP contribution >= 0.6 is 0 Å². The predicted molar refractivity (Wildman–Crippen MR) is 183 cm³/mol. The average Bonchev–Trinajstić information content (AvgIpc) is 3.67. The Morgan fingerprint density at radius 1 is 0.667 bits per heavy atom. The monoisotopic (exact) mass is 612 g/mol. The topological polar surface area (TPSA) is 109 Å². The van der Waals surface area contributed by atoms with Crippen molar-refractivity contribution < 1.29 is 19.1 Å². The number of carbonyl (C=O) groups is 2. The third-order valence-corrected chi connectivity index (χ3v) is 9.42. The number of aromatic nitrogens is 2. The van der Waals surface area contributed by atoms with Gasteiger partial charge in [0.25, 0.3) is 0 Å². The Morgan fingerprint density at radius 3 is 1.38 bits per heavy atom. The highest BCUT2D eigenvalue weighted by atomic mass is 16.5. The maximum atomic E-state index is 11.9. The van der Waals surface area contributed by atoms with E-state index in [4.69, 9.17) is 19.5 Å². The van der Waals surface area contributed by atoms with Gasteiger partial charge in [-0.15, -0.1) is 0 Å². The maximum absolute atomic E-state index is 11.9. The molecule has 0 amide bonds. The summed E-state index contributed by atoms with van der Waals surface area (Å²) in [5.41, 5.74) is 17.6. The molecule has 2 aromatic rings. The van der Waals surface area contributed by atoms with E-state index in [-0.39, 0.29) is 11.9 Å². The molecule has 0 radical (unpaired) electrons. The Hall–Kier alpha value is -4.20. The average molecular weight is 613 g/mol. The molecular formula is C37H48N4O4. The first-order valence-electron chi connectivity index (χ1n) is 15.9. The molecule has 0 saturated heterocycles. The van der Waals surface area contributed by atoms with Crippen LogP contribution in [0.15, 0.2) is 43.7 Å². The van der Waals surface area contributed by atoms with E-state index in [1.165, 1.54) is 47.6 Å². The highest BCUT2D eigenvalue weighted by molar-refractivity contribution is 6.21. The van der Waals surface area contributed by atoms with Crippen LogP contribution in [0.5, 0.6) is 0 Å². The SMILES string of the molecule is CCC1=C(C)/C(=C/c2[nH]c(C)c(C)c2CCC(=O)OC)N=C1CC1=N/C(=C/c2[nH]c(C)c(C)c2CCC(=O)OC)C(C)=C1CC. The Balaban J connectivity index is 1.68. The minimum Gasteiger partial charge on any atom is -0.469 e. The lowest BCUT2D eigenvalue weighted by molar-refractivity contribution is -0.141. The highest BCUT2D eigenvalue weighted by Crippen LogP contribution is 2.36. The van der Waals surface area contributed by atoms with Crippen molar-refractivity contribution in [3.63, 3.8) is 0 Å². The molecule has 0 saturated carbocycles. The second-order valence-electron chi connectivity index (χ2n) is 12.0. The lowest BCUT2D eigenvalue weighted by Crippen LogP contribution is -2.10. The molecule has 4 rings (SSSR count). The molecule has 0 atom stereocenters. The summed E-state index contributed by atoms with van der Waals surface area (Å²) in [5, 5.41) is 0. The van der Waals surface area contributed by atoms with Crippen molar-refractivity contribution in [2.75, 3.05) is 14.2 Å². The Kier molecular flexibility index (Phi) is 10.7. The summed E-state index contributed by atoms with van der Waals surface area (Å²) in [5.74, 6) is -0.422. The second kappa shape index (κ2) is 14.3. The van der Waals surface area contributed by atoms with Crippen LogP contribution in [0.1, 0.15) is 105 Å². The van der Waals surface area contributed by atoms with E-state index in [0.29, 0.717) is 32.1 Å². The van der Waals surface area contributed by atoms with Gasteiger partial charge < -0.3 is 19.4 Å². The summed E-state index contributed by atoms with van der Waals surface area (Å²) in [6.45, 7) is 16.9. The molecule has 0 fully saturated rings. The second-order valence-corrected chi connectivity index (χ2v) is 12.0. The van der Waals surface area contributed by atoms with Crippen LogP contribution in [0.4, 0.5) is 0 Å². The molecule has 2 aromatic heterocycles. The zero-order valence-electron chi connectivity index (χ0n) is 28.6. The van der Waals surface area contributed by atoms with Gasteiger partial charge >= 0.3 is 11.9 Å². The number of hydrogen-bond acceptors (Lipinski definition) is 6. The normalized spacial score (nSPS) is 16.8. The number of aliphatic imine (C=N–C) groups is 2. The van der Waals surface area contributed by atoms with Crippen molar-refractivity contribution in [1.29, 1.82) is 0 Å². The van der Waals surface area contributed by atoms with E-state index in [0.717, 1.165) is 69.6 Å². The largest absolute Gasteiger partial charge is 0.469 e. The van der Waals surface area contributed by atoms with Crippen LogP contribution in [0.25, 0.3) is 12.2 Å². The summed E-state index contributed by atoms with van der Waals surface area (Å²) in [7, 11) is 2.85. The first-order valence-corrected chi connectivity index (χ1v) is 15.9. The summed E-state index contributed by atoms with van der Waals surface area (Å²) >= 11 is 0. The number of allylic oxidation sites excluding steroid dienone is 4. The van der Waals surface area contributed by atoms with E-state index in [1.807, 2.05) is 0 Å². The Bertz CT molecular complexity index is 1580. The van der Waals surface area contributed by atoms with E-state index in [1.54, 1.807) is 0 Å². The van der Waals surface area contributed by atoms with Crippen molar-refractivity contribution >= 4 is 35.5 Å². The van der Waals surface area contributed by atoms with Crippen LogP contribution in [0.2, 0.25) is 0 Å². The zero-order valence-corrected chi connectivity index (χ0v) is 28.6. The van der Waals surface area contributed by atoms with E-state index in [2.05, 4.69) is 77.5 Å². The van der Waals surface area contributed by atoms with Crippen LogP contribution in [0.3, 0.4) is 0 Å². The van der Waals surface area contributed by atoms with Crippen LogP contribution in [0, 0.1) is 27.7 Å². The van der Waals surface area contributed by atoms with Gasteiger partial charge in [-0.2, -0.15) is 0 Å². The fraction of sp³-hybridized carbons (Fsp3) is 0.459. The van der Waals surface area contributed by atoms with Gasteiger partial charge in [0.1, 0.15) is 0 Å². The number of esters is 2. The smallest absolute Gasteiger partial charge is 0.305 e. The molecule has 8 heteroatoms. The summed E-state index contributed by atoms with van der Waals surface area (Å²) < 4.78 is 9.77. The molecular weight excluding hydrogens is 564 g/mol. The van der Waals surface area contributed by atoms with Gasteiger partial charge in [-0.1, -0.05) is 13.8 Å². The molecule has 2 N–H and O–H groups in total. The molecule has 8 nitrogen and oxygen atoms in total. The van der Waals surface area contributed by atoms with E-state index < -0.39 is 0 Å². The fourth-order valence-electron chi connectivity index (χ4n) is 6.43. The van der Waals surface area contributed by atoms with Gasteiger partial charge in [0.05, 0.1) is 37.0 Å². The maximum Gasteiger partial charge on any atom is 0.305 e. The number of H-pyrrole nitrogens is 2. The molecule has 0 bridgehead atoms. The number of hydrogen-bond donors (Lipinski definition) is 2. The van der Waals surface area contributed by atoms with Crippen LogP contribution in [-0.4, -0.2) is 47.5 Å². The van der Waals surface area contributed by atoms with E-state index >= 15 is 0 Å². The van der Waals surface area contributed by atoms with Gasteiger partial charge in [-0.3, -0.25) is 19.6 Å². The summed E-state index contributed by atoms with van der Waals surface area (Å²) in [4.78, 5) is 41.1. The molecule has 4 heterocycles. The van der Waals surface area contributed by atoms with Crippen molar-refractivity contribution in [1.82, 2.24) is 9.97 Å². The molecule has 45 heavy (non-hydrogen) atoms. The summed E-state index contributed by atoms with van der Waals surface area (Å²) in [6.07, 6.45) is 8.57. The lowest BCUT2D eigenvalue weighted by atomic mass is 9.94. The number of rotatable bonds is 12. The molecule has 0 unspecified atom stereocenters. The Morgan fingerprint density at radius 2 is 1.04 bits per heavy atom. The van der Waals surface area contributed by atoms with Crippen molar-refractivity contribution in [3.8, 4) is 0 Å². The van der Waals surface area contributed by atoms with Gasteiger partial charge in [0, 0.05) is 42.0 Å². The van der Waals surface area contributed by atoms with Gasteiger partial charge in [-0.05, 0) is 124 Å². The van der Waals surface area contributed by atoms with Crippen molar-refractivity contribution in [3.05, 3.63) is 78.7 Å². The molecule has 0 aromatic carbocycles. The molecule has 0 spiro atoms. The number of methoxy groups -OCH3 is 2. The lowest BCUT2D eigenvalue weighted by Gasteiger charge is -2.08. The molecule has 0 aliphatic carbocycles. The molecule has 240 valence electrons. The Labute approximate surface area is 267 Å². The first-order chi connectivity index (χ1) is 21.4. The van der Waals surface area contributed by atoms with Crippen molar-refractivity contribution in [2.45, 2.75) is 100 Å². The van der Waals surface area contributed by atoms with Gasteiger partial charge in [-0.25, -0.2) is 0 Å². The number of aromatic amines is 2. The van der Waals surface area contributed by atoms with Crippen molar-refractivity contribution in [2.24, 2.45) is 9.98 Å². The number of nitrogens with zero attached hydrogens (tertiary/aromatic N) is 2. The minimum absolute atomic E-state index is 0.211. The third-order valence-electron chi connectivity index (χ3n) is 9.42. The molecule has 2 aliphatic heterocycles. The zero-order chi connectivity index (χ0) is 33.0. The molecule has 2 aliphatic rings. The van der Waals surface area contributed by atoms with Crippen LogP contribution < -0.4 is 0 Å². The quantitative estimate of drug-likeness (QED) is 0.237. The fourth-order valence-corrected chi connectivity index (χ4v) is 6.43. The predicted octanol–water partition coefficient (Wildman–Crippen LogP) is 7.92. The standard InChI is InChI=1S/C37H48N4O4/c1-11-26-22(5)30(17-34-28(13-15-36(42)44-9)20(3)24(7)38-34)40-32(26)19-33-27(12-2)23(6)31(41-33)18-35-29(14-16-37(43)45-10)21(4)25(8)39-35/h17-18,38-39H,11-16,19H2,1-10H3/b30-17-,31-18+. The van der Waals surface area contributed by atoms with Gasteiger partial charge in [0.2, 0.25) is 0 Å². The number of aryl methyl sites for hydroxylation is 2. The van der Waals surface area contributed by atoms with Crippen LogP contribution in [-0.2, 0) is 31.9 Å². The number of ether oxygens (including phenoxy) is 2. The minimum atomic E-state index is -0.211. The van der Waals surface area contributed by atoms with E-state index in [9.17, 15) is 9.59 Å². The summed E-state index contributed by atoms with van der Waals surface area (Å²) in [6, 6.07) is 0.